The molecule has 1 amide bonds. The molecule has 0 N–H and O–H groups in total. The summed E-state index contributed by atoms with van der Waals surface area (Å²) in [6.07, 6.45) is 5.52. The van der Waals surface area contributed by atoms with E-state index < -0.39 is 0 Å². The molecule has 29 heavy (non-hydrogen) atoms. The van der Waals surface area contributed by atoms with Gasteiger partial charge < -0.3 is 18.9 Å². The number of methoxy groups -OCH3 is 2. The van der Waals surface area contributed by atoms with Crippen LogP contribution < -0.4 is 9.47 Å². The van der Waals surface area contributed by atoms with Gasteiger partial charge in [0, 0.05) is 42.8 Å². The van der Waals surface area contributed by atoms with Crippen molar-refractivity contribution in [3.63, 3.8) is 0 Å². The molecule has 0 saturated heterocycles. The second-order valence-corrected chi connectivity index (χ2v) is 7.21. The molecule has 0 saturated carbocycles. The van der Waals surface area contributed by atoms with Crippen molar-refractivity contribution in [2.24, 2.45) is 0 Å². The number of hydrogen-bond donors (Lipinski definition) is 0. The van der Waals surface area contributed by atoms with E-state index in [2.05, 4.69) is 4.98 Å². The molecule has 0 radical (unpaired) electrons. The number of nitrogens with zero attached hydrogens (tertiary/aromatic N) is 3. The molecule has 0 spiro atoms. The molecule has 3 aromatic rings. The number of rotatable bonds is 6. The summed E-state index contributed by atoms with van der Waals surface area (Å²) in [5, 5.41) is 0.463. The molecule has 0 fully saturated rings. The van der Waals surface area contributed by atoms with Gasteiger partial charge >= 0.3 is 0 Å². The lowest BCUT2D eigenvalue weighted by molar-refractivity contribution is 0.0779. The maximum Gasteiger partial charge on any atom is 0.257 e. The highest BCUT2D eigenvalue weighted by molar-refractivity contribution is 6.33. The quantitative estimate of drug-likeness (QED) is 0.599. The average Bonchev–Trinajstić information content (AvgIpc) is 3.24. The van der Waals surface area contributed by atoms with E-state index in [1.807, 2.05) is 42.9 Å². The molecule has 0 aliphatic rings. The first-order valence-electron chi connectivity index (χ1n) is 9.12. The van der Waals surface area contributed by atoms with E-state index in [0.717, 1.165) is 28.3 Å². The summed E-state index contributed by atoms with van der Waals surface area (Å²) in [5.74, 6) is 1.04. The fourth-order valence-electron chi connectivity index (χ4n) is 3.30. The van der Waals surface area contributed by atoms with E-state index >= 15 is 0 Å². The summed E-state index contributed by atoms with van der Waals surface area (Å²) in [6.45, 7) is 4.22. The third-order valence-electron chi connectivity index (χ3n) is 4.87. The van der Waals surface area contributed by atoms with Gasteiger partial charge in [0.15, 0.2) is 0 Å². The molecule has 0 aliphatic heterocycles. The van der Waals surface area contributed by atoms with Crippen molar-refractivity contribution in [1.82, 2.24) is 14.5 Å². The summed E-state index contributed by atoms with van der Waals surface area (Å²) >= 11 is 6.46. The van der Waals surface area contributed by atoms with Crippen molar-refractivity contribution in [1.29, 1.82) is 0 Å². The highest BCUT2D eigenvalue weighted by Gasteiger charge is 2.21. The Morgan fingerprint density at radius 3 is 2.48 bits per heavy atom. The van der Waals surface area contributed by atoms with Gasteiger partial charge in [0.2, 0.25) is 0 Å². The zero-order valence-electron chi connectivity index (χ0n) is 17.2. The molecule has 0 unspecified atom stereocenters. The Bertz CT molecular complexity index is 1030. The van der Waals surface area contributed by atoms with Gasteiger partial charge in [0.05, 0.1) is 42.7 Å². The van der Waals surface area contributed by atoms with Crippen LogP contribution in [0.25, 0.3) is 5.69 Å². The monoisotopic (exact) mass is 413 g/mol. The number of aryl methyl sites for hydroxylation is 1. The minimum atomic E-state index is -0.205. The van der Waals surface area contributed by atoms with Crippen LogP contribution in [0, 0.1) is 13.8 Å². The van der Waals surface area contributed by atoms with Gasteiger partial charge in [0.25, 0.3) is 5.91 Å². The molecule has 0 aliphatic carbocycles. The maximum absolute atomic E-state index is 13.1. The van der Waals surface area contributed by atoms with E-state index in [9.17, 15) is 4.79 Å². The Morgan fingerprint density at radius 2 is 1.86 bits per heavy atom. The Hall–Kier alpha value is -2.99. The largest absolute Gasteiger partial charge is 0.496 e. The first-order chi connectivity index (χ1) is 13.9. The van der Waals surface area contributed by atoms with Crippen LogP contribution in [-0.4, -0.2) is 41.6 Å². The fraction of sp³-hybridized carbons (Fsp3) is 0.273. The lowest BCUT2D eigenvalue weighted by Gasteiger charge is -2.21. The Kier molecular flexibility index (Phi) is 6.13. The molecule has 7 heteroatoms. The first-order valence-corrected chi connectivity index (χ1v) is 9.50. The summed E-state index contributed by atoms with van der Waals surface area (Å²) < 4.78 is 12.8. The van der Waals surface area contributed by atoms with Crippen molar-refractivity contribution in [3.8, 4) is 17.2 Å². The van der Waals surface area contributed by atoms with Crippen molar-refractivity contribution in [2.75, 3.05) is 21.3 Å². The lowest BCUT2D eigenvalue weighted by Crippen LogP contribution is -2.27. The van der Waals surface area contributed by atoms with Crippen LogP contribution in [-0.2, 0) is 6.54 Å². The van der Waals surface area contributed by atoms with Gasteiger partial charge in [-0.1, -0.05) is 11.6 Å². The fourth-order valence-corrected chi connectivity index (χ4v) is 3.57. The van der Waals surface area contributed by atoms with Gasteiger partial charge in [-0.3, -0.25) is 9.78 Å². The zero-order chi connectivity index (χ0) is 21.1. The van der Waals surface area contributed by atoms with Crippen LogP contribution >= 0.6 is 11.6 Å². The number of pyridine rings is 1. The number of amides is 1. The molecular weight excluding hydrogens is 390 g/mol. The Balaban J connectivity index is 1.91. The lowest BCUT2D eigenvalue weighted by atomic mass is 10.1. The van der Waals surface area contributed by atoms with E-state index in [4.69, 9.17) is 21.1 Å². The first kappa shape index (κ1) is 20.7. The van der Waals surface area contributed by atoms with Gasteiger partial charge in [-0.2, -0.15) is 0 Å². The summed E-state index contributed by atoms with van der Waals surface area (Å²) in [5.41, 5.74) is 3.79. The SMILES string of the molecule is COc1cc(-n2cccc2)c(Cl)cc1C(=O)N(C)Cc1ncc(C)c(OC)c1C. The zero-order valence-corrected chi connectivity index (χ0v) is 17.9. The number of halogens is 1. The third kappa shape index (κ3) is 4.07. The second-order valence-electron chi connectivity index (χ2n) is 6.80. The molecule has 3 rings (SSSR count). The number of carbonyl (C=O) groups excluding carboxylic acids is 1. The highest BCUT2D eigenvalue weighted by atomic mass is 35.5. The van der Waals surface area contributed by atoms with Gasteiger partial charge in [-0.15, -0.1) is 0 Å². The standard InChI is InChI=1S/C22H24ClN3O3/c1-14-12-24-18(15(2)21(14)29-5)13-25(3)22(27)16-10-17(23)19(11-20(16)28-4)26-8-6-7-9-26/h6-12H,13H2,1-5H3. The van der Waals surface area contributed by atoms with E-state index in [1.165, 1.54) is 7.11 Å². The number of benzene rings is 1. The number of carbonyl (C=O) groups is 1. The van der Waals surface area contributed by atoms with Crippen molar-refractivity contribution >= 4 is 17.5 Å². The minimum absolute atomic E-state index is 0.205. The van der Waals surface area contributed by atoms with Crippen LogP contribution in [0.15, 0.2) is 42.9 Å². The van der Waals surface area contributed by atoms with Crippen molar-refractivity contribution < 1.29 is 14.3 Å². The number of aromatic nitrogens is 2. The predicted octanol–water partition coefficient (Wildman–Crippen LogP) is 4.43. The van der Waals surface area contributed by atoms with Crippen molar-refractivity contribution in [2.45, 2.75) is 20.4 Å². The molecule has 152 valence electrons. The van der Waals surface area contributed by atoms with Crippen LogP contribution in [0.4, 0.5) is 0 Å². The Labute approximate surface area is 175 Å². The number of hydrogen-bond acceptors (Lipinski definition) is 4. The van der Waals surface area contributed by atoms with Crippen LogP contribution in [0.1, 0.15) is 27.2 Å². The minimum Gasteiger partial charge on any atom is -0.496 e. The highest BCUT2D eigenvalue weighted by Crippen LogP contribution is 2.31. The van der Waals surface area contributed by atoms with Gasteiger partial charge in [0.1, 0.15) is 11.5 Å². The van der Waals surface area contributed by atoms with Crippen LogP contribution in [0.3, 0.4) is 0 Å². The van der Waals surface area contributed by atoms with E-state index in [0.29, 0.717) is 22.9 Å². The van der Waals surface area contributed by atoms with Crippen LogP contribution in [0.2, 0.25) is 5.02 Å². The normalized spacial score (nSPS) is 10.7. The van der Waals surface area contributed by atoms with Crippen molar-refractivity contribution in [3.05, 3.63) is 70.3 Å². The van der Waals surface area contributed by atoms with E-state index in [-0.39, 0.29) is 5.91 Å². The number of ether oxygens (including phenoxy) is 2. The molecule has 2 heterocycles. The summed E-state index contributed by atoms with van der Waals surface area (Å²) in [7, 11) is 4.89. The smallest absolute Gasteiger partial charge is 0.257 e. The molecular formula is C22H24ClN3O3. The van der Waals surface area contributed by atoms with Gasteiger partial charge in [-0.05, 0) is 32.0 Å². The maximum atomic E-state index is 13.1. The predicted molar refractivity (Wildman–Crippen MR) is 113 cm³/mol. The molecule has 6 nitrogen and oxygen atoms in total. The van der Waals surface area contributed by atoms with Gasteiger partial charge in [-0.25, -0.2) is 0 Å². The molecule has 1 aromatic carbocycles. The topological polar surface area (TPSA) is 56.6 Å². The molecule has 2 aromatic heterocycles. The van der Waals surface area contributed by atoms with Crippen LogP contribution in [0.5, 0.6) is 11.5 Å². The third-order valence-corrected chi connectivity index (χ3v) is 5.17. The summed E-state index contributed by atoms with van der Waals surface area (Å²) in [4.78, 5) is 19.2. The second kappa shape index (κ2) is 8.57. The Morgan fingerprint density at radius 1 is 1.17 bits per heavy atom. The summed E-state index contributed by atoms with van der Waals surface area (Å²) in [6, 6.07) is 7.22. The average molecular weight is 414 g/mol. The molecule has 0 atom stereocenters. The van der Waals surface area contributed by atoms with E-state index in [1.54, 1.807) is 37.4 Å². The molecule has 0 bridgehead atoms.